The van der Waals surface area contributed by atoms with E-state index in [2.05, 4.69) is 57.9 Å². The molecule has 0 aliphatic carbocycles. The number of hydrogen-bond donors (Lipinski definition) is 9. The van der Waals surface area contributed by atoms with Gasteiger partial charge in [0.1, 0.15) is 0 Å². The number of unbranched alkanes of at least 4 members (excludes halogenated alkanes) is 1. The summed E-state index contributed by atoms with van der Waals surface area (Å²) in [6.45, 7) is 8.44. The Balaban J connectivity index is 1.99. The normalized spacial score (nSPS) is 27.3. The van der Waals surface area contributed by atoms with E-state index in [4.69, 9.17) is 17.7 Å². The van der Waals surface area contributed by atoms with Gasteiger partial charge in [0.05, 0.1) is 11.1 Å². The van der Waals surface area contributed by atoms with Gasteiger partial charge >= 0.3 is 0 Å². The van der Waals surface area contributed by atoms with Gasteiger partial charge in [-0.3, -0.25) is 4.79 Å². The van der Waals surface area contributed by atoms with Crippen molar-refractivity contribution in [1.29, 1.82) is 0 Å². The number of nitrogens with zero attached hydrogens (tertiary/aromatic N) is 3. The van der Waals surface area contributed by atoms with Gasteiger partial charge in [0.2, 0.25) is 5.91 Å². The summed E-state index contributed by atoms with van der Waals surface area (Å²) in [7, 11) is 0. The third kappa shape index (κ3) is 9.79. The number of azide groups is 1. The van der Waals surface area contributed by atoms with E-state index in [0.29, 0.717) is 77.5 Å². The molecule has 0 saturated carbocycles. The molecule has 3 saturated heterocycles. The van der Waals surface area contributed by atoms with Crippen LogP contribution in [0.15, 0.2) is 5.11 Å². The van der Waals surface area contributed by atoms with E-state index < -0.39 is 5.54 Å². The van der Waals surface area contributed by atoms with Gasteiger partial charge < -0.3 is 47.9 Å². The van der Waals surface area contributed by atoms with Gasteiger partial charge in [-0.25, -0.2) is 0 Å². The summed E-state index contributed by atoms with van der Waals surface area (Å²) in [6.07, 6.45) is 1.69. The highest BCUT2D eigenvalue weighted by Crippen LogP contribution is 2.06. The number of hydrogen-bond acceptors (Lipinski definition) is 9. The zero-order valence-electron chi connectivity index (χ0n) is 18.9. The molecule has 3 heterocycles. The lowest BCUT2D eigenvalue weighted by atomic mass is 9.97. The number of carbonyl (C=O) groups excluding carboxylic acids is 1. The average Bonchev–Trinajstić information content (AvgIpc) is 2.73. The van der Waals surface area contributed by atoms with Crippen LogP contribution in [-0.4, -0.2) is 94.5 Å². The Kier molecular flexibility index (Phi) is 11.9. The van der Waals surface area contributed by atoms with Gasteiger partial charge in [-0.1, -0.05) is 5.11 Å². The first-order valence-electron chi connectivity index (χ1n) is 11.1. The summed E-state index contributed by atoms with van der Waals surface area (Å²) >= 11 is 5.56. The molecule has 0 radical (unpaired) electrons. The fraction of sp³-hybridized carbons (Fsp3) is 0.889. The second-order valence-corrected chi connectivity index (χ2v) is 8.78. The van der Waals surface area contributed by atoms with Crippen molar-refractivity contribution in [2.24, 2.45) is 5.11 Å². The third-order valence-corrected chi connectivity index (χ3v) is 5.63. The zero-order chi connectivity index (χ0) is 23.1. The summed E-state index contributed by atoms with van der Waals surface area (Å²) in [4.78, 5) is 14.6. The molecule has 2 bridgehead atoms. The summed E-state index contributed by atoms with van der Waals surface area (Å²) in [6, 6.07) is 0. The molecular formula is C18H38N12OS. The molecule has 0 unspecified atom stereocenters. The topological polar surface area (TPSA) is 174 Å². The second kappa shape index (κ2) is 14.4. The molecule has 0 spiro atoms. The number of carbonyl (C=O) groups is 1. The second-order valence-electron chi connectivity index (χ2n) is 8.38. The molecule has 182 valence electrons. The first-order chi connectivity index (χ1) is 15.5. The lowest BCUT2D eigenvalue weighted by Crippen LogP contribution is -2.71. The van der Waals surface area contributed by atoms with Crippen molar-refractivity contribution in [3.63, 3.8) is 0 Å². The van der Waals surface area contributed by atoms with Crippen LogP contribution in [0.3, 0.4) is 0 Å². The third-order valence-electron chi connectivity index (χ3n) is 5.38. The van der Waals surface area contributed by atoms with Crippen LogP contribution in [0.4, 0.5) is 0 Å². The van der Waals surface area contributed by atoms with E-state index in [1.165, 1.54) is 0 Å². The maximum absolute atomic E-state index is 11.8. The van der Waals surface area contributed by atoms with Crippen LogP contribution in [0.2, 0.25) is 0 Å². The fourth-order valence-corrected chi connectivity index (χ4v) is 4.25. The van der Waals surface area contributed by atoms with Crippen LogP contribution in [0.1, 0.15) is 19.8 Å². The standard InChI is InChI=1S/C18H38N12OS/c1-15(31)28-17-6-20-12-23-9-18(10-24-13-21-7-17,11-25-14-22-8-17)29-16(32)26-4-2-3-5-27-30-19/h20-25H,2-14H2,1H3,(H,28,31)(H2,26,29,32). The van der Waals surface area contributed by atoms with Gasteiger partial charge in [0.25, 0.3) is 0 Å². The summed E-state index contributed by atoms with van der Waals surface area (Å²) in [5.41, 5.74) is 7.55. The maximum Gasteiger partial charge on any atom is 0.217 e. The van der Waals surface area contributed by atoms with E-state index >= 15 is 0 Å². The van der Waals surface area contributed by atoms with Crippen LogP contribution in [0, 0.1) is 0 Å². The quantitative estimate of drug-likeness (QED) is 0.0641. The molecule has 0 atom stereocenters. The molecule has 0 aromatic heterocycles. The molecule has 3 aliphatic rings. The van der Waals surface area contributed by atoms with Crippen LogP contribution >= 0.6 is 12.2 Å². The van der Waals surface area contributed by atoms with Crippen LogP contribution in [0.5, 0.6) is 0 Å². The Morgan fingerprint density at radius 1 is 0.906 bits per heavy atom. The number of nitrogens with one attached hydrogen (secondary N) is 9. The smallest absolute Gasteiger partial charge is 0.217 e. The number of fused-ring (bicyclic) bond motifs is 12. The molecule has 3 fully saturated rings. The van der Waals surface area contributed by atoms with Gasteiger partial charge in [-0.15, -0.1) is 0 Å². The predicted molar refractivity (Wildman–Crippen MR) is 129 cm³/mol. The van der Waals surface area contributed by atoms with Crippen molar-refractivity contribution < 1.29 is 4.79 Å². The first-order valence-corrected chi connectivity index (χ1v) is 11.5. The highest BCUT2D eigenvalue weighted by Gasteiger charge is 2.34. The van der Waals surface area contributed by atoms with Crippen molar-refractivity contribution in [2.75, 3.05) is 72.4 Å². The van der Waals surface area contributed by atoms with E-state index in [9.17, 15) is 4.79 Å². The van der Waals surface area contributed by atoms with Crippen molar-refractivity contribution in [2.45, 2.75) is 30.8 Å². The van der Waals surface area contributed by atoms with Gasteiger partial charge in [-0.05, 0) is 30.6 Å². The molecule has 0 aromatic carbocycles. The Bertz CT molecular complexity index is 603. The van der Waals surface area contributed by atoms with E-state index in [1.54, 1.807) is 6.92 Å². The maximum atomic E-state index is 11.8. The first kappa shape index (κ1) is 26.5. The van der Waals surface area contributed by atoms with Crippen LogP contribution < -0.4 is 47.9 Å². The summed E-state index contributed by atoms with van der Waals surface area (Å²) in [5, 5.41) is 34.7. The van der Waals surface area contributed by atoms with E-state index in [1.807, 2.05) is 0 Å². The minimum absolute atomic E-state index is 0.0505. The predicted octanol–water partition coefficient (Wildman–Crippen LogP) is -2.41. The van der Waals surface area contributed by atoms with Crippen molar-refractivity contribution in [1.82, 2.24) is 47.9 Å². The minimum atomic E-state index is -0.436. The molecular weight excluding hydrogens is 432 g/mol. The SMILES string of the molecule is CC(=O)NC12CNCNCC(NC(=S)NCCCCN=[N+]=[N-])(CNCNC1)CNCNC2. The zero-order valence-corrected chi connectivity index (χ0v) is 19.7. The average molecular weight is 471 g/mol. The Hall–Kier alpha value is -1.77. The molecule has 14 heteroatoms. The molecule has 1 amide bonds. The number of rotatable bonds is 7. The number of amides is 1. The lowest BCUT2D eigenvalue weighted by molar-refractivity contribution is -0.120. The van der Waals surface area contributed by atoms with Gasteiger partial charge in [-0.2, -0.15) is 0 Å². The molecule has 3 aliphatic heterocycles. The highest BCUT2D eigenvalue weighted by atomic mass is 32.1. The Morgan fingerprint density at radius 3 is 1.81 bits per heavy atom. The van der Waals surface area contributed by atoms with Crippen molar-refractivity contribution in [3.05, 3.63) is 10.4 Å². The molecule has 3 rings (SSSR count). The number of thiocarbonyl (C=S) groups is 1. The Labute approximate surface area is 195 Å². The van der Waals surface area contributed by atoms with Gasteiger partial charge in [0.15, 0.2) is 5.11 Å². The van der Waals surface area contributed by atoms with Crippen molar-refractivity contribution in [3.8, 4) is 0 Å². The van der Waals surface area contributed by atoms with E-state index in [-0.39, 0.29) is 11.4 Å². The Morgan fingerprint density at radius 2 is 1.38 bits per heavy atom. The molecule has 0 aromatic rings. The fourth-order valence-electron chi connectivity index (χ4n) is 3.93. The largest absolute Gasteiger partial charge is 0.363 e. The van der Waals surface area contributed by atoms with Gasteiger partial charge in [0, 0.05) is 84.2 Å². The molecule has 32 heavy (non-hydrogen) atoms. The highest BCUT2D eigenvalue weighted by molar-refractivity contribution is 7.80. The summed E-state index contributed by atoms with van der Waals surface area (Å²) in [5.74, 6) is -0.0505. The van der Waals surface area contributed by atoms with Crippen LogP contribution in [-0.2, 0) is 4.79 Å². The molecule has 9 N–H and O–H groups in total. The monoisotopic (exact) mass is 470 g/mol. The van der Waals surface area contributed by atoms with Crippen molar-refractivity contribution >= 4 is 23.2 Å². The summed E-state index contributed by atoms with van der Waals surface area (Å²) < 4.78 is 0. The lowest BCUT2D eigenvalue weighted by Gasteiger charge is -2.40. The molecule has 13 nitrogen and oxygen atoms in total. The van der Waals surface area contributed by atoms with Crippen LogP contribution in [0.25, 0.3) is 10.4 Å². The minimum Gasteiger partial charge on any atom is -0.363 e. The van der Waals surface area contributed by atoms with E-state index in [0.717, 1.165) is 12.8 Å².